The van der Waals surface area contributed by atoms with E-state index in [9.17, 15) is 0 Å². The summed E-state index contributed by atoms with van der Waals surface area (Å²) in [5.74, 6) is 0. The minimum absolute atomic E-state index is 0.0547. The van der Waals surface area contributed by atoms with Crippen molar-refractivity contribution in [2.45, 2.75) is 45.7 Å². The van der Waals surface area contributed by atoms with Gasteiger partial charge < -0.3 is 10.6 Å². The van der Waals surface area contributed by atoms with Gasteiger partial charge in [-0.15, -0.1) is 6.58 Å². The Bertz CT molecular complexity index is 206. The Labute approximate surface area is 88.5 Å². The molecule has 1 atom stereocenters. The zero-order valence-corrected chi connectivity index (χ0v) is 10.0. The molecule has 14 heavy (non-hydrogen) atoms. The van der Waals surface area contributed by atoms with Crippen molar-refractivity contribution in [1.82, 2.24) is 4.90 Å². The van der Waals surface area contributed by atoms with Gasteiger partial charge in [-0.25, -0.2) is 0 Å². The van der Waals surface area contributed by atoms with Gasteiger partial charge in [-0.3, -0.25) is 0 Å². The number of hydrogen-bond donors (Lipinski definition) is 1. The van der Waals surface area contributed by atoms with E-state index in [0.29, 0.717) is 6.04 Å². The van der Waals surface area contributed by atoms with Gasteiger partial charge in [0.1, 0.15) is 0 Å². The first-order chi connectivity index (χ1) is 6.36. The van der Waals surface area contributed by atoms with Crippen LogP contribution < -0.4 is 5.73 Å². The van der Waals surface area contributed by atoms with E-state index in [1.807, 2.05) is 14.0 Å². The third-order valence-electron chi connectivity index (χ3n) is 2.54. The monoisotopic (exact) mass is 196 g/mol. The molecular formula is C12H24N2. The predicted molar refractivity (Wildman–Crippen MR) is 64.1 cm³/mol. The molecule has 0 rings (SSSR count). The van der Waals surface area contributed by atoms with Crippen LogP contribution in [0.2, 0.25) is 0 Å². The molecular weight excluding hydrogens is 172 g/mol. The quantitative estimate of drug-likeness (QED) is 0.661. The van der Waals surface area contributed by atoms with Crippen molar-refractivity contribution < 1.29 is 0 Å². The van der Waals surface area contributed by atoms with Crippen LogP contribution in [-0.4, -0.2) is 24.0 Å². The molecule has 1 unspecified atom stereocenters. The minimum atomic E-state index is 0.0547. The highest BCUT2D eigenvalue weighted by Gasteiger charge is 2.13. The zero-order chi connectivity index (χ0) is 11.3. The van der Waals surface area contributed by atoms with Crippen LogP contribution >= 0.6 is 0 Å². The van der Waals surface area contributed by atoms with Crippen molar-refractivity contribution in [1.29, 1.82) is 0 Å². The lowest BCUT2D eigenvalue weighted by Crippen LogP contribution is -2.35. The Balaban J connectivity index is 4.05. The van der Waals surface area contributed by atoms with Crippen LogP contribution in [0.5, 0.6) is 0 Å². The summed E-state index contributed by atoms with van der Waals surface area (Å²) in [6.07, 6.45) is 1.91. The van der Waals surface area contributed by atoms with Crippen molar-refractivity contribution in [3.63, 3.8) is 0 Å². The van der Waals surface area contributed by atoms with Crippen molar-refractivity contribution in [2.24, 2.45) is 5.73 Å². The summed E-state index contributed by atoms with van der Waals surface area (Å²) in [6.45, 7) is 14.2. The molecule has 0 heterocycles. The second-order valence-corrected chi connectivity index (χ2v) is 4.30. The molecule has 0 aromatic rings. The SMILES string of the molecule is C=C(C)CCC(N)C(=C)N(C)C(C)C. The smallest absolute Gasteiger partial charge is 0.0443 e. The van der Waals surface area contributed by atoms with Crippen LogP contribution in [0.3, 0.4) is 0 Å². The molecule has 0 amide bonds. The molecule has 0 aliphatic heterocycles. The summed E-state index contributed by atoms with van der Waals surface area (Å²) in [7, 11) is 2.04. The summed E-state index contributed by atoms with van der Waals surface area (Å²) in [5.41, 5.74) is 8.22. The Morgan fingerprint density at radius 1 is 1.36 bits per heavy atom. The summed E-state index contributed by atoms with van der Waals surface area (Å²) < 4.78 is 0. The maximum atomic E-state index is 6.02. The first-order valence-electron chi connectivity index (χ1n) is 5.17. The molecule has 0 radical (unpaired) electrons. The van der Waals surface area contributed by atoms with Crippen molar-refractivity contribution >= 4 is 0 Å². The number of hydrogen-bond acceptors (Lipinski definition) is 2. The van der Waals surface area contributed by atoms with Crippen LogP contribution in [0.1, 0.15) is 33.6 Å². The molecule has 0 saturated heterocycles. The maximum Gasteiger partial charge on any atom is 0.0443 e. The summed E-state index contributed by atoms with van der Waals surface area (Å²) >= 11 is 0. The highest BCUT2D eigenvalue weighted by Crippen LogP contribution is 2.13. The Kier molecular flexibility index (Phi) is 5.55. The number of allylic oxidation sites excluding steroid dienone is 1. The Morgan fingerprint density at radius 3 is 2.21 bits per heavy atom. The maximum absolute atomic E-state index is 6.02. The average molecular weight is 196 g/mol. The Hall–Kier alpha value is -0.760. The average Bonchev–Trinajstić information content (AvgIpc) is 2.11. The highest BCUT2D eigenvalue weighted by molar-refractivity contribution is 5.05. The fraction of sp³-hybridized carbons (Fsp3) is 0.667. The van der Waals surface area contributed by atoms with E-state index < -0.39 is 0 Å². The predicted octanol–water partition coefficient (Wildman–Crippen LogP) is 2.52. The number of likely N-dealkylation sites (N-methyl/N-ethyl adjacent to an activating group) is 1. The molecule has 0 bridgehead atoms. The molecule has 2 heteroatoms. The van der Waals surface area contributed by atoms with Crippen LogP contribution in [0.25, 0.3) is 0 Å². The molecule has 82 valence electrons. The lowest BCUT2D eigenvalue weighted by Gasteiger charge is -2.29. The van der Waals surface area contributed by atoms with Gasteiger partial charge >= 0.3 is 0 Å². The largest absolute Gasteiger partial charge is 0.375 e. The molecule has 0 aromatic carbocycles. The molecule has 0 aliphatic rings. The molecule has 0 aromatic heterocycles. The fourth-order valence-electron chi connectivity index (χ4n) is 1.16. The topological polar surface area (TPSA) is 29.3 Å². The van der Waals surface area contributed by atoms with Gasteiger partial charge in [-0.1, -0.05) is 12.2 Å². The van der Waals surface area contributed by atoms with Crippen LogP contribution in [0.15, 0.2) is 24.4 Å². The molecule has 0 spiro atoms. The molecule has 0 aliphatic carbocycles. The number of nitrogens with zero attached hydrogens (tertiary/aromatic N) is 1. The number of rotatable bonds is 6. The van der Waals surface area contributed by atoms with Gasteiger partial charge in [0.15, 0.2) is 0 Å². The molecule has 2 N–H and O–H groups in total. The Morgan fingerprint density at radius 2 is 1.86 bits per heavy atom. The fourth-order valence-corrected chi connectivity index (χ4v) is 1.16. The third-order valence-corrected chi connectivity index (χ3v) is 2.54. The van der Waals surface area contributed by atoms with Crippen LogP contribution in [0.4, 0.5) is 0 Å². The standard InChI is InChI=1S/C12H24N2/c1-9(2)7-8-12(13)11(5)14(6)10(3)4/h10,12H,1,5,7-8,13H2,2-4,6H3. The van der Waals surface area contributed by atoms with Gasteiger partial charge in [-0.2, -0.15) is 0 Å². The van der Waals surface area contributed by atoms with E-state index in [0.717, 1.165) is 18.5 Å². The third kappa shape index (κ3) is 4.47. The van der Waals surface area contributed by atoms with E-state index in [2.05, 4.69) is 31.9 Å². The zero-order valence-electron chi connectivity index (χ0n) is 10.0. The van der Waals surface area contributed by atoms with Crippen molar-refractivity contribution in [3.05, 3.63) is 24.4 Å². The highest BCUT2D eigenvalue weighted by atomic mass is 15.1. The van der Waals surface area contributed by atoms with E-state index in [1.54, 1.807) is 0 Å². The molecule has 2 nitrogen and oxygen atoms in total. The van der Waals surface area contributed by atoms with Crippen LogP contribution in [0, 0.1) is 0 Å². The van der Waals surface area contributed by atoms with E-state index in [-0.39, 0.29) is 6.04 Å². The van der Waals surface area contributed by atoms with Crippen molar-refractivity contribution in [3.8, 4) is 0 Å². The first-order valence-corrected chi connectivity index (χ1v) is 5.17. The lowest BCUT2D eigenvalue weighted by molar-refractivity contribution is 0.319. The second-order valence-electron chi connectivity index (χ2n) is 4.30. The summed E-state index contributed by atoms with van der Waals surface area (Å²) in [6, 6.07) is 0.512. The molecule has 0 fully saturated rings. The van der Waals surface area contributed by atoms with E-state index >= 15 is 0 Å². The van der Waals surface area contributed by atoms with Crippen molar-refractivity contribution in [2.75, 3.05) is 7.05 Å². The van der Waals surface area contributed by atoms with Gasteiger partial charge in [-0.05, 0) is 33.6 Å². The summed E-state index contributed by atoms with van der Waals surface area (Å²) in [4.78, 5) is 2.13. The van der Waals surface area contributed by atoms with Gasteiger partial charge in [0, 0.05) is 24.8 Å². The normalized spacial score (nSPS) is 12.7. The van der Waals surface area contributed by atoms with Gasteiger partial charge in [0.05, 0.1) is 0 Å². The number of nitrogens with two attached hydrogens (primary N) is 1. The summed E-state index contributed by atoms with van der Waals surface area (Å²) in [5, 5.41) is 0. The van der Waals surface area contributed by atoms with E-state index in [4.69, 9.17) is 5.73 Å². The van der Waals surface area contributed by atoms with E-state index in [1.165, 1.54) is 5.57 Å². The second kappa shape index (κ2) is 5.86. The lowest BCUT2D eigenvalue weighted by atomic mass is 10.1. The molecule has 0 saturated carbocycles. The van der Waals surface area contributed by atoms with Crippen LogP contribution in [-0.2, 0) is 0 Å². The van der Waals surface area contributed by atoms with Gasteiger partial charge in [0.2, 0.25) is 0 Å². The minimum Gasteiger partial charge on any atom is -0.375 e. The first kappa shape index (κ1) is 13.2. The van der Waals surface area contributed by atoms with Gasteiger partial charge in [0.25, 0.3) is 0 Å².